The van der Waals surface area contributed by atoms with Gasteiger partial charge in [0.2, 0.25) is 5.95 Å². The molecule has 7 nitrogen and oxygen atoms in total. The highest BCUT2D eigenvalue weighted by Crippen LogP contribution is 2.36. The number of halogens is 2. The molecule has 33 heavy (non-hydrogen) atoms. The molecule has 4 rings (SSSR count). The van der Waals surface area contributed by atoms with E-state index in [0.717, 1.165) is 17.5 Å². The summed E-state index contributed by atoms with van der Waals surface area (Å²) >= 11 is 0. The summed E-state index contributed by atoms with van der Waals surface area (Å²) in [5, 5.41) is 7.47. The molecular weight excluding hydrogens is 426 g/mol. The Balaban J connectivity index is 1.62. The molecule has 2 atom stereocenters. The van der Waals surface area contributed by atoms with Crippen molar-refractivity contribution in [2.75, 3.05) is 18.4 Å². The third kappa shape index (κ3) is 5.02. The summed E-state index contributed by atoms with van der Waals surface area (Å²) < 4.78 is 30.7. The van der Waals surface area contributed by atoms with Gasteiger partial charge in [-0.3, -0.25) is 9.48 Å². The van der Waals surface area contributed by atoms with Crippen molar-refractivity contribution >= 4 is 11.9 Å². The van der Waals surface area contributed by atoms with E-state index in [1.807, 2.05) is 37.3 Å². The SMILES string of the molecule is CCc1cnc(NCC2C(C)CC(F)(F)CN2C(=O)c2nn(C)cc2-c2ccccc2)nc1. The fourth-order valence-corrected chi connectivity index (χ4v) is 4.32. The molecule has 1 aromatic carbocycles. The van der Waals surface area contributed by atoms with E-state index in [-0.39, 0.29) is 18.7 Å². The molecule has 0 spiro atoms. The lowest BCUT2D eigenvalue weighted by atomic mass is 9.88. The first-order chi connectivity index (χ1) is 15.8. The first kappa shape index (κ1) is 22.8. The van der Waals surface area contributed by atoms with E-state index in [4.69, 9.17) is 0 Å². The monoisotopic (exact) mass is 454 g/mol. The molecule has 3 heterocycles. The third-order valence-corrected chi connectivity index (χ3v) is 6.04. The van der Waals surface area contributed by atoms with Gasteiger partial charge >= 0.3 is 0 Å². The second kappa shape index (κ2) is 9.25. The number of nitrogens with one attached hydrogen (secondary N) is 1. The highest BCUT2D eigenvalue weighted by molar-refractivity contribution is 5.99. The van der Waals surface area contributed by atoms with Gasteiger partial charge in [-0.2, -0.15) is 5.10 Å². The first-order valence-corrected chi connectivity index (χ1v) is 11.1. The molecule has 2 unspecified atom stereocenters. The number of carbonyl (C=O) groups is 1. The average molecular weight is 455 g/mol. The molecule has 3 aromatic rings. The predicted molar refractivity (Wildman–Crippen MR) is 122 cm³/mol. The number of carbonyl (C=O) groups excluding carboxylic acids is 1. The van der Waals surface area contributed by atoms with Crippen molar-refractivity contribution in [3.63, 3.8) is 0 Å². The van der Waals surface area contributed by atoms with Crippen LogP contribution < -0.4 is 5.32 Å². The van der Waals surface area contributed by atoms with Crippen LogP contribution in [-0.2, 0) is 13.5 Å². The van der Waals surface area contributed by atoms with E-state index in [0.29, 0.717) is 11.5 Å². The van der Waals surface area contributed by atoms with Crippen LogP contribution in [0.1, 0.15) is 36.3 Å². The molecule has 0 aliphatic carbocycles. The number of aromatic nitrogens is 4. The van der Waals surface area contributed by atoms with Crippen LogP contribution in [0.5, 0.6) is 0 Å². The highest BCUT2D eigenvalue weighted by atomic mass is 19.3. The minimum absolute atomic E-state index is 0.169. The number of anilines is 1. The number of benzene rings is 1. The molecular formula is C24H28F2N6O. The van der Waals surface area contributed by atoms with E-state index < -0.39 is 30.3 Å². The fraction of sp³-hybridized carbons (Fsp3) is 0.417. The van der Waals surface area contributed by atoms with Crippen LogP contribution in [0.2, 0.25) is 0 Å². The molecule has 1 saturated heterocycles. The number of likely N-dealkylation sites (tertiary alicyclic amines) is 1. The number of nitrogens with zero attached hydrogens (tertiary/aromatic N) is 5. The summed E-state index contributed by atoms with van der Waals surface area (Å²) in [7, 11) is 1.72. The van der Waals surface area contributed by atoms with Crippen molar-refractivity contribution in [2.45, 2.75) is 38.7 Å². The smallest absolute Gasteiger partial charge is 0.275 e. The molecule has 0 radical (unpaired) electrons. The fourth-order valence-electron chi connectivity index (χ4n) is 4.32. The van der Waals surface area contributed by atoms with E-state index in [1.165, 1.54) is 9.58 Å². The van der Waals surface area contributed by atoms with Gasteiger partial charge in [-0.1, -0.05) is 44.2 Å². The number of alkyl halides is 2. The van der Waals surface area contributed by atoms with E-state index in [9.17, 15) is 13.6 Å². The van der Waals surface area contributed by atoms with Gasteiger partial charge < -0.3 is 10.2 Å². The van der Waals surface area contributed by atoms with Gasteiger partial charge in [0.05, 0.1) is 12.6 Å². The molecule has 1 aliphatic heterocycles. The molecule has 174 valence electrons. The van der Waals surface area contributed by atoms with Crippen LogP contribution in [0.4, 0.5) is 14.7 Å². The standard InChI is InChI=1S/C24H28F2N6O/c1-4-17-11-27-23(28-12-17)29-13-20-16(2)10-24(25,26)15-32(20)22(33)21-19(14-31(3)30-21)18-8-6-5-7-9-18/h5-9,11-12,14,16,20H,4,10,13,15H2,1-3H3,(H,27,28,29). The third-order valence-electron chi connectivity index (χ3n) is 6.04. The normalized spacial score (nSPS) is 20.0. The van der Waals surface area contributed by atoms with Gasteiger partial charge in [0.25, 0.3) is 11.8 Å². The first-order valence-electron chi connectivity index (χ1n) is 11.1. The van der Waals surface area contributed by atoms with Crippen molar-refractivity contribution in [2.24, 2.45) is 13.0 Å². The minimum Gasteiger partial charge on any atom is -0.352 e. The van der Waals surface area contributed by atoms with Gasteiger partial charge in [0.1, 0.15) is 0 Å². The molecule has 2 aromatic heterocycles. The Morgan fingerprint density at radius 1 is 1.21 bits per heavy atom. The zero-order chi connectivity index (χ0) is 23.6. The van der Waals surface area contributed by atoms with Crippen LogP contribution in [0, 0.1) is 5.92 Å². The van der Waals surface area contributed by atoms with Crippen LogP contribution in [-0.4, -0.2) is 55.6 Å². The van der Waals surface area contributed by atoms with E-state index >= 15 is 0 Å². The van der Waals surface area contributed by atoms with Crippen molar-refractivity contribution in [3.8, 4) is 11.1 Å². The lowest BCUT2D eigenvalue weighted by molar-refractivity contribution is -0.0898. The van der Waals surface area contributed by atoms with Crippen LogP contribution in [0.15, 0.2) is 48.9 Å². The Kier molecular flexibility index (Phi) is 6.40. The van der Waals surface area contributed by atoms with Gasteiger partial charge in [0, 0.05) is 44.2 Å². The second-order valence-electron chi connectivity index (χ2n) is 8.62. The summed E-state index contributed by atoms with van der Waals surface area (Å²) in [6, 6.07) is 8.89. The van der Waals surface area contributed by atoms with E-state index in [1.54, 1.807) is 32.6 Å². The molecule has 9 heteroatoms. The number of hydrogen-bond donors (Lipinski definition) is 1. The van der Waals surface area contributed by atoms with Gasteiger partial charge in [0.15, 0.2) is 5.69 Å². The summed E-state index contributed by atoms with van der Waals surface area (Å²) in [5.74, 6) is -3.49. The number of rotatable bonds is 6. The van der Waals surface area contributed by atoms with Crippen LogP contribution >= 0.6 is 0 Å². The number of amides is 1. The quantitative estimate of drug-likeness (QED) is 0.609. The molecule has 0 bridgehead atoms. The maximum absolute atomic E-state index is 14.6. The van der Waals surface area contributed by atoms with Crippen LogP contribution in [0.25, 0.3) is 11.1 Å². The highest BCUT2D eigenvalue weighted by Gasteiger charge is 2.46. The summed E-state index contributed by atoms with van der Waals surface area (Å²) in [5.41, 5.74) is 2.61. The topological polar surface area (TPSA) is 75.9 Å². The molecule has 1 amide bonds. The molecule has 1 aliphatic rings. The Bertz CT molecular complexity index is 1100. The minimum atomic E-state index is -2.97. The van der Waals surface area contributed by atoms with E-state index in [2.05, 4.69) is 20.4 Å². The number of hydrogen-bond acceptors (Lipinski definition) is 5. The zero-order valence-electron chi connectivity index (χ0n) is 19.0. The zero-order valence-corrected chi connectivity index (χ0v) is 19.0. The Hall–Kier alpha value is -3.36. The van der Waals surface area contributed by atoms with Gasteiger partial charge in [-0.15, -0.1) is 0 Å². The summed E-state index contributed by atoms with van der Waals surface area (Å²) in [4.78, 5) is 23.4. The van der Waals surface area contributed by atoms with Crippen molar-refractivity contribution in [1.29, 1.82) is 0 Å². The van der Waals surface area contributed by atoms with Crippen molar-refractivity contribution in [1.82, 2.24) is 24.6 Å². The Morgan fingerprint density at radius 3 is 2.58 bits per heavy atom. The predicted octanol–water partition coefficient (Wildman–Crippen LogP) is 4.04. The summed E-state index contributed by atoms with van der Waals surface area (Å²) in [6.45, 7) is 3.38. The average Bonchev–Trinajstić information content (AvgIpc) is 3.19. The Morgan fingerprint density at radius 2 is 1.91 bits per heavy atom. The molecule has 0 saturated carbocycles. The Labute approximate surface area is 191 Å². The second-order valence-corrected chi connectivity index (χ2v) is 8.62. The van der Waals surface area contributed by atoms with Gasteiger partial charge in [-0.25, -0.2) is 18.7 Å². The summed E-state index contributed by atoms with van der Waals surface area (Å²) in [6.07, 6.45) is 5.75. The van der Waals surface area contributed by atoms with Crippen LogP contribution in [0.3, 0.4) is 0 Å². The maximum atomic E-state index is 14.6. The largest absolute Gasteiger partial charge is 0.352 e. The lowest BCUT2D eigenvalue weighted by Crippen LogP contribution is -2.57. The molecule has 1 fully saturated rings. The lowest BCUT2D eigenvalue weighted by Gasteiger charge is -2.43. The van der Waals surface area contributed by atoms with Crippen molar-refractivity contribution < 1.29 is 13.6 Å². The number of piperidine rings is 1. The maximum Gasteiger partial charge on any atom is 0.275 e. The number of aryl methyl sites for hydroxylation is 2. The van der Waals surface area contributed by atoms with Gasteiger partial charge in [-0.05, 0) is 23.5 Å². The molecule has 1 N–H and O–H groups in total. The van der Waals surface area contributed by atoms with Crippen molar-refractivity contribution in [3.05, 3.63) is 60.2 Å².